The number of rotatable bonds is 0. The molecule has 0 bridgehead atoms. The molecule has 0 aliphatic heterocycles. The van der Waals surface area contributed by atoms with E-state index < -0.39 is 0 Å². The molecule has 5 heteroatoms. The number of aromatic amines is 1. The van der Waals surface area contributed by atoms with Gasteiger partial charge < -0.3 is 10.7 Å². The van der Waals surface area contributed by atoms with Crippen LogP contribution in [0.5, 0.6) is 0 Å². The van der Waals surface area contributed by atoms with Crippen LogP contribution in [0, 0.1) is 4.77 Å². The molecule has 0 saturated heterocycles. The summed E-state index contributed by atoms with van der Waals surface area (Å²) in [5, 5.41) is 0. The number of hydrogen-bond donors (Lipinski definition) is 2. The zero-order chi connectivity index (χ0) is 9.35. The van der Waals surface area contributed by atoms with Crippen LogP contribution in [0.4, 0.5) is 5.95 Å². The molecular formula is C7H12N4S. The third-order valence-corrected chi connectivity index (χ3v) is 1.56. The molecule has 0 aliphatic rings. The molecule has 4 nitrogen and oxygen atoms in total. The van der Waals surface area contributed by atoms with Crippen LogP contribution in [-0.2, 0) is 5.41 Å². The predicted molar refractivity (Wildman–Crippen MR) is 50.3 cm³/mol. The summed E-state index contributed by atoms with van der Waals surface area (Å²) in [5.41, 5.74) is 5.40. The van der Waals surface area contributed by atoms with E-state index in [1.165, 1.54) is 0 Å². The molecule has 0 aliphatic carbocycles. The molecule has 66 valence electrons. The molecule has 0 unspecified atom stereocenters. The fourth-order valence-corrected chi connectivity index (χ4v) is 0.946. The minimum Gasteiger partial charge on any atom is -0.369 e. The number of nitrogens with zero attached hydrogens (tertiary/aromatic N) is 2. The maximum atomic E-state index is 5.48. The van der Waals surface area contributed by atoms with Crippen LogP contribution >= 0.6 is 12.2 Å². The molecule has 12 heavy (non-hydrogen) atoms. The number of H-pyrrole nitrogens is 1. The highest BCUT2D eigenvalue weighted by molar-refractivity contribution is 7.71. The maximum Gasteiger partial charge on any atom is 0.224 e. The summed E-state index contributed by atoms with van der Waals surface area (Å²) in [6, 6.07) is 0. The zero-order valence-electron chi connectivity index (χ0n) is 7.38. The Bertz CT molecular complexity index is 336. The molecule has 0 radical (unpaired) electrons. The lowest BCUT2D eigenvalue weighted by atomic mass is 9.96. The Morgan fingerprint density at radius 2 is 1.92 bits per heavy atom. The summed E-state index contributed by atoms with van der Waals surface area (Å²) < 4.78 is 0.288. The maximum absolute atomic E-state index is 5.48. The minimum atomic E-state index is -0.0788. The quantitative estimate of drug-likeness (QED) is 0.598. The number of aromatic nitrogens is 3. The molecule has 0 amide bonds. The van der Waals surface area contributed by atoms with Crippen molar-refractivity contribution in [1.29, 1.82) is 0 Å². The molecule has 3 N–H and O–H groups in total. The van der Waals surface area contributed by atoms with Gasteiger partial charge in [0.25, 0.3) is 0 Å². The van der Waals surface area contributed by atoms with Crippen LogP contribution in [0.2, 0.25) is 0 Å². The smallest absolute Gasteiger partial charge is 0.224 e. The Morgan fingerprint density at radius 1 is 1.33 bits per heavy atom. The molecule has 1 rings (SSSR count). The molecule has 1 heterocycles. The Kier molecular flexibility index (Phi) is 2.14. The van der Waals surface area contributed by atoms with Gasteiger partial charge in [-0.25, -0.2) is 4.98 Å². The second-order valence-electron chi connectivity index (χ2n) is 3.62. The summed E-state index contributed by atoms with van der Waals surface area (Å²) in [6.07, 6.45) is 0. The van der Waals surface area contributed by atoms with Crippen LogP contribution in [0.3, 0.4) is 0 Å². The Balaban J connectivity index is 3.27. The average Bonchev–Trinajstić information content (AvgIpc) is 1.82. The van der Waals surface area contributed by atoms with Crippen LogP contribution in [0.15, 0.2) is 0 Å². The van der Waals surface area contributed by atoms with Gasteiger partial charge in [0.15, 0.2) is 0 Å². The monoisotopic (exact) mass is 184 g/mol. The fraction of sp³-hybridized carbons (Fsp3) is 0.571. The number of nitrogen functional groups attached to an aromatic ring is 1. The zero-order valence-corrected chi connectivity index (χ0v) is 8.20. The average molecular weight is 184 g/mol. The Morgan fingerprint density at radius 3 is 2.33 bits per heavy atom. The molecule has 0 spiro atoms. The highest BCUT2D eigenvalue weighted by atomic mass is 32.1. The van der Waals surface area contributed by atoms with E-state index in [1.54, 1.807) is 0 Å². The number of anilines is 1. The first-order chi connectivity index (χ1) is 5.39. The van der Waals surface area contributed by atoms with Crippen molar-refractivity contribution in [2.45, 2.75) is 26.2 Å². The van der Waals surface area contributed by atoms with Gasteiger partial charge in [-0.3, -0.25) is 0 Å². The lowest BCUT2D eigenvalue weighted by Gasteiger charge is -2.16. The van der Waals surface area contributed by atoms with Gasteiger partial charge in [0.2, 0.25) is 10.7 Å². The van der Waals surface area contributed by atoms with Gasteiger partial charge in [-0.2, -0.15) is 4.98 Å². The van der Waals surface area contributed by atoms with Gasteiger partial charge in [-0.1, -0.05) is 20.8 Å². The first-order valence-electron chi connectivity index (χ1n) is 3.64. The van der Waals surface area contributed by atoms with Gasteiger partial charge in [0.1, 0.15) is 5.82 Å². The standard InChI is InChI=1S/C7H12N4S/c1-7(2,3)4-9-5(8)11-6(12)10-4/h1-3H3,(H3,8,9,10,11,12). The fourth-order valence-electron chi connectivity index (χ4n) is 0.756. The van der Waals surface area contributed by atoms with Gasteiger partial charge >= 0.3 is 0 Å². The van der Waals surface area contributed by atoms with E-state index in [0.717, 1.165) is 5.82 Å². The lowest BCUT2D eigenvalue weighted by molar-refractivity contribution is 0.541. The van der Waals surface area contributed by atoms with E-state index in [2.05, 4.69) is 15.0 Å². The van der Waals surface area contributed by atoms with Crippen molar-refractivity contribution in [3.05, 3.63) is 10.6 Å². The van der Waals surface area contributed by atoms with Crippen LogP contribution in [-0.4, -0.2) is 15.0 Å². The third kappa shape index (κ3) is 2.01. The molecule has 0 aromatic carbocycles. The lowest BCUT2D eigenvalue weighted by Crippen LogP contribution is -2.17. The van der Waals surface area contributed by atoms with Crippen molar-refractivity contribution >= 4 is 18.2 Å². The molecule has 0 atom stereocenters. The highest BCUT2D eigenvalue weighted by Crippen LogP contribution is 2.17. The van der Waals surface area contributed by atoms with Crippen LogP contribution in [0.25, 0.3) is 0 Å². The van der Waals surface area contributed by atoms with Crippen molar-refractivity contribution < 1.29 is 0 Å². The second kappa shape index (κ2) is 2.82. The highest BCUT2D eigenvalue weighted by Gasteiger charge is 2.16. The normalized spacial score (nSPS) is 11.6. The van der Waals surface area contributed by atoms with Crippen molar-refractivity contribution in [3.8, 4) is 0 Å². The van der Waals surface area contributed by atoms with E-state index in [4.69, 9.17) is 18.0 Å². The third-order valence-electron chi connectivity index (χ3n) is 1.38. The van der Waals surface area contributed by atoms with E-state index in [1.807, 2.05) is 20.8 Å². The van der Waals surface area contributed by atoms with Crippen LogP contribution in [0.1, 0.15) is 26.6 Å². The summed E-state index contributed by atoms with van der Waals surface area (Å²) >= 11 is 4.83. The van der Waals surface area contributed by atoms with Crippen LogP contribution < -0.4 is 5.73 Å². The molecule has 0 fully saturated rings. The molecular weight excluding hydrogens is 172 g/mol. The first kappa shape index (κ1) is 9.12. The largest absolute Gasteiger partial charge is 0.369 e. The first-order valence-corrected chi connectivity index (χ1v) is 4.05. The topological polar surface area (TPSA) is 67.6 Å². The van der Waals surface area contributed by atoms with E-state index in [0.29, 0.717) is 5.95 Å². The van der Waals surface area contributed by atoms with Crippen molar-refractivity contribution in [2.24, 2.45) is 0 Å². The SMILES string of the molecule is CC(C)(C)c1nc(=S)nc(N)[nH]1. The van der Waals surface area contributed by atoms with E-state index >= 15 is 0 Å². The van der Waals surface area contributed by atoms with Gasteiger partial charge in [0.05, 0.1) is 0 Å². The second-order valence-corrected chi connectivity index (χ2v) is 3.98. The van der Waals surface area contributed by atoms with E-state index in [9.17, 15) is 0 Å². The number of nitrogens with one attached hydrogen (secondary N) is 1. The number of hydrogen-bond acceptors (Lipinski definition) is 4. The van der Waals surface area contributed by atoms with Gasteiger partial charge in [0, 0.05) is 5.41 Å². The Hall–Kier alpha value is -0.970. The summed E-state index contributed by atoms with van der Waals surface area (Å²) in [7, 11) is 0. The molecule has 1 aromatic rings. The minimum absolute atomic E-state index is 0.0788. The molecule has 0 saturated carbocycles. The van der Waals surface area contributed by atoms with E-state index in [-0.39, 0.29) is 10.2 Å². The summed E-state index contributed by atoms with van der Waals surface area (Å²) in [6.45, 7) is 6.08. The molecule has 1 aromatic heterocycles. The summed E-state index contributed by atoms with van der Waals surface area (Å²) in [4.78, 5) is 10.7. The predicted octanol–water partition coefficient (Wildman–Crippen LogP) is 1.41. The number of nitrogens with two attached hydrogens (primary N) is 1. The van der Waals surface area contributed by atoms with Gasteiger partial charge in [-0.05, 0) is 12.2 Å². The van der Waals surface area contributed by atoms with Crippen molar-refractivity contribution in [2.75, 3.05) is 5.73 Å². The summed E-state index contributed by atoms with van der Waals surface area (Å²) in [5.74, 6) is 1.08. The van der Waals surface area contributed by atoms with Crippen molar-refractivity contribution in [1.82, 2.24) is 15.0 Å². The Labute approximate surface area is 76.2 Å². The van der Waals surface area contributed by atoms with Gasteiger partial charge in [-0.15, -0.1) is 0 Å². The van der Waals surface area contributed by atoms with Crippen molar-refractivity contribution in [3.63, 3.8) is 0 Å².